The minimum Gasteiger partial charge on any atom is -0.386 e. The number of benzene rings is 2. The zero-order valence-corrected chi connectivity index (χ0v) is 17.5. The molecule has 0 amide bonds. The third kappa shape index (κ3) is 4.71. The van der Waals surface area contributed by atoms with E-state index in [-0.39, 0.29) is 0 Å². The predicted octanol–water partition coefficient (Wildman–Crippen LogP) is 6.57. The van der Waals surface area contributed by atoms with Crippen LogP contribution in [0.2, 0.25) is 0 Å². The second-order valence-corrected chi connectivity index (χ2v) is 8.15. The number of hydrogen-bond acceptors (Lipinski definition) is 1. The standard InChI is InChI=1S/C23H27BrO/c1-15(2)21(23(5,6)25)22(24)20(18-11-7-16(3)8-12-18)19-13-9-17(4)10-14-19/h7-14,25H,1-6H3. The fourth-order valence-corrected chi connectivity index (χ4v) is 4.42. The second kappa shape index (κ2) is 7.72. The Bertz CT molecular complexity index is 749. The molecule has 25 heavy (non-hydrogen) atoms. The number of aryl methyl sites for hydroxylation is 2. The number of rotatable bonds is 4. The molecular weight excluding hydrogens is 372 g/mol. The molecule has 2 aromatic rings. The van der Waals surface area contributed by atoms with Crippen molar-refractivity contribution in [2.75, 3.05) is 0 Å². The first-order valence-electron chi connectivity index (χ1n) is 8.56. The summed E-state index contributed by atoms with van der Waals surface area (Å²) in [4.78, 5) is 0. The van der Waals surface area contributed by atoms with E-state index < -0.39 is 5.60 Å². The van der Waals surface area contributed by atoms with Gasteiger partial charge in [-0.25, -0.2) is 0 Å². The summed E-state index contributed by atoms with van der Waals surface area (Å²) >= 11 is 3.82. The first-order chi connectivity index (χ1) is 11.6. The third-order valence-electron chi connectivity index (χ3n) is 4.23. The number of hydrogen-bond donors (Lipinski definition) is 1. The lowest BCUT2D eigenvalue weighted by Crippen LogP contribution is -2.23. The minimum absolute atomic E-state index is 0.920. The molecule has 2 heteroatoms. The second-order valence-electron chi connectivity index (χ2n) is 7.36. The van der Waals surface area contributed by atoms with Gasteiger partial charge in [0, 0.05) is 10.1 Å². The lowest BCUT2D eigenvalue weighted by Gasteiger charge is -2.26. The van der Waals surface area contributed by atoms with Gasteiger partial charge in [-0.05, 0) is 74.2 Å². The molecule has 0 spiro atoms. The van der Waals surface area contributed by atoms with E-state index in [9.17, 15) is 5.11 Å². The SMILES string of the molecule is CC(C)=C(C(Br)=C(c1ccc(C)cc1)c1ccc(C)cc1)C(C)(C)O. The van der Waals surface area contributed by atoms with Gasteiger partial charge in [0.1, 0.15) is 0 Å². The van der Waals surface area contributed by atoms with Gasteiger partial charge in [0.05, 0.1) is 5.60 Å². The van der Waals surface area contributed by atoms with E-state index >= 15 is 0 Å². The van der Waals surface area contributed by atoms with Crippen molar-refractivity contribution < 1.29 is 5.11 Å². The summed E-state index contributed by atoms with van der Waals surface area (Å²) in [5.41, 5.74) is 6.89. The molecule has 0 saturated carbocycles. The Morgan fingerprint density at radius 1 is 0.800 bits per heavy atom. The quantitative estimate of drug-likeness (QED) is 0.577. The van der Waals surface area contributed by atoms with Gasteiger partial charge < -0.3 is 5.11 Å². The van der Waals surface area contributed by atoms with Crippen molar-refractivity contribution in [1.82, 2.24) is 0 Å². The molecule has 0 aromatic heterocycles. The molecule has 0 saturated heterocycles. The molecule has 0 heterocycles. The van der Waals surface area contributed by atoms with Crippen LogP contribution < -0.4 is 0 Å². The highest BCUT2D eigenvalue weighted by Gasteiger charge is 2.26. The summed E-state index contributed by atoms with van der Waals surface area (Å²) in [6.07, 6.45) is 0. The van der Waals surface area contributed by atoms with E-state index in [1.807, 2.05) is 27.7 Å². The van der Waals surface area contributed by atoms with Crippen LogP contribution in [0.3, 0.4) is 0 Å². The van der Waals surface area contributed by atoms with Crippen LogP contribution in [0.4, 0.5) is 0 Å². The van der Waals surface area contributed by atoms with Gasteiger partial charge in [0.2, 0.25) is 0 Å². The minimum atomic E-state index is -0.932. The summed E-state index contributed by atoms with van der Waals surface area (Å²) in [6.45, 7) is 11.9. The summed E-state index contributed by atoms with van der Waals surface area (Å²) in [5, 5.41) is 10.7. The Kier molecular flexibility index (Phi) is 6.08. The topological polar surface area (TPSA) is 20.2 Å². The lowest BCUT2D eigenvalue weighted by molar-refractivity contribution is 0.122. The fraction of sp³-hybridized carbons (Fsp3) is 0.304. The average Bonchev–Trinajstić information content (AvgIpc) is 2.49. The number of halogens is 1. The van der Waals surface area contributed by atoms with E-state index in [0.29, 0.717) is 0 Å². The van der Waals surface area contributed by atoms with Gasteiger partial charge in [-0.2, -0.15) is 0 Å². The van der Waals surface area contributed by atoms with Gasteiger partial charge in [-0.1, -0.05) is 65.2 Å². The van der Waals surface area contributed by atoms with Gasteiger partial charge >= 0.3 is 0 Å². The van der Waals surface area contributed by atoms with E-state index in [0.717, 1.165) is 32.3 Å². The normalized spacial score (nSPS) is 11.2. The fourth-order valence-electron chi connectivity index (χ4n) is 3.09. The predicted molar refractivity (Wildman–Crippen MR) is 112 cm³/mol. The highest BCUT2D eigenvalue weighted by molar-refractivity contribution is 9.12. The Balaban J connectivity index is 2.80. The van der Waals surface area contributed by atoms with Crippen molar-refractivity contribution in [3.05, 3.63) is 86.4 Å². The summed E-state index contributed by atoms with van der Waals surface area (Å²) in [5.74, 6) is 0. The average molecular weight is 399 g/mol. The highest BCUT2D eigenvalue weighted by atomic mass is 79.9. The summed E-state index contributed by atoms with van der Waals surface area (Å²) < 4.78 is 0.938. The monoisotopic (exact) mass is 398 g/mol. The van der Waals surface area contributed by atoms with Crippen LogP contribution in [-0.4, -0.2) is 10.7 Å². The maximum absolute atomic E-state index is 10.7. The van der Waals surface area contributed by atoms with Crippen LogP contribution in [0.5, 0.6) is 0 Å². The van der Waals surface area contributed by atoms with E-state index in [2.05, 4.69) is 78.3 Å². The molecule has 0 atom stereocenters. The van der Waals surface area contributed by atoms with E-state index in [1.165, 1.54) is 11.1 Å². The molecule has 0 radical (unpaired) electrons. The first-order valence-corrected chi connectivity index (χ1v) is 9.35. The maximum atomic E-state index is 10.7. The summed E-state index contributed by atoms with van der Waals surface area (Å²) in [6, 6.07) is 17.0. The molecule has 0 fully saturated rings. The molecule has 132 valence electrons. The molecule has 0 unspecified atom stereocenters. The molecule has 2 aromatic carbocycles. The molecule has 2 rings (SSSR count). The van der Waals surface area contributed by atoms with Gasteiger partial charge in [0.25, 0.3) is 0 Å². The van der Waals surface area contributed by atoms with Crippen molar-refractivity contribution in [3.8, 4) is 0 Å². The zero-order chi connectivity index (χ0) is 18.8. The van der Waals surface area contributed by atoms with Crippen LogP contribution in [0.25, 0.3) is 5.57 Å². The van der Waals surface area contributed by atoms with E-state index in [1.54, 1.807) is 0 Å². The van der Waals surface area contributed by atoms with Gasteiger partial charge in [-0.15, -0.1) is 0 Å². The molecule has 0 bridgehead atoms. The van der Waals surface area contributed by atoms with Crippen molar-refractivity contribution in [1.29, 1.82) is 0 Å². The van der Waals surface area contributed by atoms with Crippen molar-refractivity contribution in [2.24, 2.45) is 0 Å². The number of allylic oxidation sites excluding steroid dienone is 1. The zero-order valence-electron chi connectivity index (χ0n) is 15.9. The Morgan fingerprint density at radius 3 is 1.44 bits per heavy atom. The van der Waals surface area contributed by atoms with Gasteiger partial charge in [-0.3, -0.25) is 0 Å². The Hall–Kier alpha value is -1.64. The highest BCUT2D eigenvalue weighted by Crippen LogP contribution is 2.39. The Labute approximate surface area is 160 Å². The third-order valence-corrected chi connectivity index (χ3v) is 5.02. The van der Waals surface area contributed by atoms with E-state index in [4.69, 9.17) is 0 Å². The summed E-state index contributed by atoms with van der Waals surface area (Å²) in [7, 11) is 0. The van der Waals surface area contributed by atoms with Gasteiger partial charge in [0.15, 0.2) is 0 Å². The molecule has 1 nitrogen and oxygen atoms in total. The van der Waals surface area contributed by atoms with Crippen LogP contribution in [0.1, 0.15) is 49.9 Å². The number of aliphatic hydroxyl groups is 1. The lowest BCUT2D eigenvalue weighted by atomic mass is 9.88. The molecule has 0 aliphatic carbocycles. The van der Waals surface area contributed by atoms with Crippen LogP contribution in [0, 0.1) is 13.8 Å². The first kappa shape index (κ1) is 19.7. The van der Waals surface area contributed by atoms with Crippen LogP contribution in [-0.2, 0) is 0 Å². The van der Waals surface area contributed by atoms with Crippen molar-refractivity contribution >= 4 is 21.5 Å². The van der Waals surface area contributed by atoms with Crippen LogP contribution >= 0.6 is 15.9 Å². The molecule has 1 N–H and O–H groups in total. The van der Waals surface area contributed by atoms with Crippen molar-refractivity contribution in [3.63, 3.8) is 0 Å². The molecular formula is C23H27BrO. The Morgan fingerprint density at radius 2 is 1.16 bits per heavy atom. The van der Waals surface area contributed by atoms with Crippen molar-refractivity contribution in [2.45, 2.75) is 47.1 Å². The largest absolute Gasteiger partial charge is 0.386 e. The van der Waals surface area contributed by atoms with Crippen LogP contribution in [0.15, 0.2) is 64.2 Å². The maximum Gasteiger partial charge on any atom is 0.0850 e. The molecule has 0 aliphatic rings. The molecule has 0 aliphatic heterocycles. The smallest absolute Gasteiger partial charge is 0.0850 e.